The Kier molecular flexibility index (Phi) is 4.29. The van der Waals surface area contributed by atoms with E-state index in [-0.39, 0.29) is 0 Å². The number of amides is 2. The fourth-order valence-electron chi connectivity index (χ4n) is 2.73. The molecule has 0 unspecified atom stereocenters. The van der Waals surface area contributed by atoms with E-state index in [0.717, 1.165) is 23.3 Å². The number of halogens is 2. The highest BCUT2D eigenvalue weighted by atomic mass is 19.1. The smallest absolute Gasteiger partial charge is 0.240 e. The van der Waals surface area contributed by atoms with Crippen molar-refractivity contribution in [2.24, 2.45) is 5.41 Å². The zero-order valence-corrected chi connectivity index (χ0v) is 14.0. The second-order valence-electron chi connectivity index (χ2n) is 6.41. The van der Waals surface area contributed by atoms with Gasteiger partial charge in [0.15, 0.2) is 0 Å². The fraction of sp³-hybridized carbons (Fsp3) is 0.263. The molecule has 4 nitrogen and oxygen atoms in total. The molecule has 0 aliphatic heterocycles. The summed E-state index contributed by atoms with van der Waals surface area (Å²) in [6.45, 7) is 3.80. The molecule has 2 amide bonds. The van der Waals surface area contributed by atoms with Gasteiger partial charge in [0.25, 0.3) is 0 Å². The average Bonchev–Trinajstić information content (AvgIpc) is 3.35. The molecule has 0 radical (unpaired) electrons. The molecule has 0 saturated heterocycles. The Labute approximate surface area is 144 Å². The molecule has 6 heteroatoms. The minimum atomic E-state index is -1.29. The number of aryl methyl sites for hydroxylation is 2. The highest BCUT2D eigenvalue weighted by Crippen LogP contribution is 2.47. The maximum atomic E-state index is 13.7. The third-order valence-electron chi connectivity index (χ3n) is 4.45. The summed E-state index contributed by atoms with van der Waals surface area (Å²) in [5, 5.41) is 4.97. The van der Waals surface area contributed by atoms with Gasteiger partial charge in [-0.1, -0.05) is 23.8 Å². The van der Waals surface area contributed by atoms with Crippen molar-refractivity contribution in [3.63, 3.8) is 0 Å². The summed E-state index contributed by atoms with van der Waals surface area (Å²) in [7, 11) is 0. The maximum absolute atomic E-state index is 13.7. The van der Waals surface area contributed by atoms with E-state index in [1.54, 1.807) is 6.07 Å². The Morgan fingerprint density at radius 2 is 1.56 bits per heavy atom. The predicted molar refractivity (Wildman–Crippen MR) is 91.2 cm³/mol. The van der Waals surface area contributed by atoms with Crippen molar-refractivity contribution >= 4 is 23.2 Å². The van der Waals surface area contributed by atoms with Crippen molar-refractivity contribution in [1.82, 2.24) is 0 Å². The predicted octanol–water partition coefficient (Wildman–Crippen LogP) is 3.94. The quantitative estimate of drug-likeness (QED) is 0.826. The van der Waals surface area contributed by atoms with Crippen molar-refractivity contribution < 1.29 is 18.4 Å². The number of hydrogen-bond donors (Lipinski definition) is 2. The van der Waals surface area contributed by atoms with E-state index in [0.29, 0.717) is 18.5 Å². The standard InChI is InChI=1S/C19H18F2N2O2/c1-11-6-7-15(12(2)10-11)22-17(24)19(8-9-19)18(25)23-16-13(20)4-3-5-14(16)21/h3-7,10H,8-9H2,1-2H3,(H,22,24)(H,23,25). The Hall–Kier alpha value is -2.76. The summed E-state index contributed by atoms with van der Waals surface area (Å²) in [5.41, 5.74) is 0.741. The molecule has 2 aromatic rings. The van der Waals surface area contributed by atoms with Crippen LogP contribution in [0.5, 0.6) is 0 Å². The van der Waals surface area contributed by atoms with Crippen LogP contribution in [0.2, 0.25) is 0 Å². The van der Waals surface area contributed by atoms with Gasteiger partial charge in [-0.05, 0) is 50.5 Å². The van der Waals surface area contributed by atoms with Crippen LogP contribution in [0.25, 0.3) is 0 Å². The third kappa shape index (κ3) is 3.24. The molecule has 1 aliphatic carbocycles. The molecule has 2 N–H and O–H groups in total. The largest absolute Gasteiger partial charge is 0.325 e. The second kappa shape index (κ2) is 6.27. The first-order valence-electron chi connectivity index (χ1n) is 7.98. The fourth-order valence-corrected chi connectivity index (χ4v) is 2.73. The van der Waals surface area contributed by atoms with Crippen molar-refractivity contribution in [1.29, 1.82) is 0 Å². The SMILES string of the molecule is Cc1ccc(NC(=O)C2(C(=O)Nc3c(F)cccc3F)CC2)c(C)c1. The van der Waals surface area contributed by atoms with Crippen LogP contribution in [-0.2, 0) is 9.59 Å². The first kappa shape index (κ1) is 17.1. The molecule has 2 aromatic carbocycles. The lowest BCUT2D eigenvalue weighted by molar-refractivity contribution is -0.131. The summed E-state index contributed by atoms with van der Waals surface area (Å²) < 4.78 is 27.4. The minimum Gasteiger partial charge on any atom is -0.325 e. The molecular formula is C19H18F2N2O2. The molecule has 0 atom stereocenters. The lowest BCUT2D eigenvalue weighted by Gasteiger charge is -2.17. The van der Waals surface area contributed by atoms with Crippen LogP contribution in [0.4, 0.5) is 20.2 Å². The maximum Gasteiger partial charge on any atom is 0.240 e. The van der Waals surface area contributed by atoms with Crippen LogP contribution < -0.4 is 10.6 Å². The van der Waals surface area contributed by atoms with Crippen LogP contribution in [0.3, 0.4) is 0 Å². The molecule has 0 heterocycles. The molecular weight excluding hydrogens is 326 g/mol. The molecule has 0 bridgehead atoms. The highest BCUT2D eigenvalue weighted by Gasteiger charge is 2.56. The molecule has 130 valence electrons. The normalized spacial score (nSPS) is 14.7. The second-order valence-corrected chi connectivity index (χ2v) is 6.41. The van der Waals surface area contributed by atoms with Crippen LogP contribution in [0.1, 0.15) is 24.0 Å². The zero-order chi connectivity index (χ0) is 18.2. The van der Waals surface area contributed by atoms with E-state index < -0.39 is 34.6 Å². The van der Waals surface area contributed by atoms with E-state index in [1.165, 1.54) is 6.07 Å². The third-order valence-corrected chi connectivity index (χ3v) is 4.45. The van der Waals surface area contributed by atoms with Gasteiger partial charge < -0.3 is 10.6 Å². The van der Waals surface area contributed by atoms with Gasteiger partial charge in [0.1, 0.15) is 22.7 Å². The summed E-state index contributed by atoms with van der Waals surface area (Å²) in [6.07, 6.45) is 0.678. The molecule has 25 heavy (non-hydrogen) atoms. The Bertz CT molecular complexity index is 840. The number of rotatable bonds is 4. The number of carbonyl (C=O) groups is 2. The molecule has 1 aliphatic rings. The highest BCUT2D eigenvalue weighted by molar-refractivity contribution is 6.17. The first-order chi connectivity index (χ1) is 11.8. The number of para-hydroxylation sites is 1. The first-order valence-corrected chi connectivity index (χ1v) is 7.98. The Morgan fingerprint density at radius 1 is 0.960 bits per heavy atom. The monoisotopic (exact) mass is 344 g/mol. The van der Waals surface area contributed by atoms with Gasteiger partial charge in [0.2, 0.25) is 11.8 Å². The van der Waals surface area contributed by atoms with Crippen LogP contribution in [-0.4, -0.2) is 11.8 Å². The average molecular weight is 344 g/mol. The number of nitrogens with one attached hydrogen (secondary N) is 2. The van der Waals surface area contributed by atoms with Crippen LogP contribution >= 0.6 is 0 Å². The molecule has 1 fully saturated rings. The van der Waals surface area contributed by atoms with Gasteiger partial charge in [0, 0.05) is 5.69 Å². The van der Waals surface area contributed by atoms with Gasteiger partial charge in [-0.2, -0.15) is 0 Å². The van der Waals surface area contributed by atoms with Crippen molar-refractivity contribution in [2.45, 2.75) is 26.7 Å². The summed E-state index contributed by atoms with van der Waals surface area (Å²) in [6, 6.07) is 8.86. The summed E-state index contributed by atoms with van der Waals surface area (Å²) in [5.74, 6) is -2.91. The molecule has 3 rings (SSSR count). The van der Waals surface area contributed by atoms with Gasteiger partial charge in [-0.15, -0.1) is 0 Å². The van der Waals surface area contributed by atoms with Gasteiger partial charge in [-0.3, -0.25) is 9.59 Å². The molecule has 0 aromatic heterocycles. The van der Waals surface area contributed by atoms with Gasteiger partial charge >= 0.3 is 0 Å². The van der Waals surface area contributed by atoms with Gasteiger partial charge in [-0.25, -0.2) is 8.78 Å². The van der Waals surface area contributed by atoms with Crippen LogP contribution in [0.15, 0.2) is 36.4 Å². The van der Waals surface area contributed by atoms with E-state index in [1.807, 2.05) is 26.0 Å². The van der Waals surface area contributed by atoms with E-state index >= 15 is 0 Å². The zero-order valence-electron chi connectivity index (χ0n) is 14.0. The van der Waals surface area contributed by atoms with E-state index in [4.69, 9.17) is 0 Å². The van der Waals surface area contributed by atoms with Crippen molar-refractivity contribution in [2.75, 3.05) is 10.6 Å². The molecule has 1 saturated carbocycles. The Balaban J connectivity index is 1.77. The summed E-state index contributed by atoms with van der Waals surface area (Å²) in [4.78, 5) is 25.0. The lowest BCUT2D eigenvalue weighted by atomic mass is 10.0. The summed E-state index contributed by atoms with van der Waals surface area (Å²) >= 11 is 0. The van der Waals surface area contributed by atoms with Crippen LogP contribution in [0, 0.1) is 30.9 Å². The van der Waals surface area contributed by atoms with Gasteiger partial charge in [0.05, 0.1) is 0 Å². The number of hydrogen-bond acceptors (Lipinski definition) is 2. The lowest BCUT2D eigenvalue weighted by Crippen LogP contribution is -2.36. The van der Waals surface area contributed by atoms with E-state index in [2.05, 4.69) is 10.6 Å². The Morgan fingerprint density at radius 3 is 2.12 bits per heavy atom. The number of anilines is 2. The van der Waals surface area contributed by atoms with E-state index in [9.17, 15) is 18.4 Å². The van der Waals surface area contributed by atoms with Crippen molar-refractivity contribution in [3.05, 3.63) is 59.2 Å². The molecule has 0 spiro atoms. The number of carbonyl (C=O) groups excluding carboxylic acids is 2. The minimum absolute atomic E-state index is 0.339. The van der Waals surface area contributed by atoms with Crippen molar-refractivity contribution in [3.8, 4) is 0 Å². The number of benzene rings is 2. The topological polar surface area (TPSA) is 58.2 Å².